The number of amides is 2. The number of hydrogen-bond acceptors (Lipinski definition) is 3. The molecule has 0 fully saturated rings. The van der Waals surface area contributed by atoms with Crippen molar-refractivity contribution in [1.29, 1.82) is 0 Å². The smallest absolute Gasteiger partial charge is 0.314 e. The number of alkyl halides is 1. The average Bonchev–Trinajstić information content (AvgIpc) is 2.32. The summed E-state index contributed by atoms with van der Waals surface area (Å²) in [6.07, 6.45) is 2.18. The Labute approximate surface area is 105 Å². The van der Waals surface area contributed by atoms with Crippen molar-refractivity contribution in [3.05, 3.63) is 23.9 Å². The predicted molar refractivity (Wildman–Crippen MR) is 66.0 cm³/mol. The van der Waals surface area contributed by atoms with Crippen molar-refractivity contribution >= 4 is 29.2 Å². The summed E-state index contributed by atoms with van der Waals surface area (Å²) in [7, 11) is 0. The van der Waals surface area contributed by atoms with Crippen LogP contribution < -0.4 is 10.6 Å². The first-order chi connectivity index (χ1) is 8.15. The van der Waals surface area contributed by atoms with Crippen LogP contribution in [0.5, 0.6) is 0 Å². The molecule has 5 nitrogen and oxygen atoms in total. The van der Waals surface area contributed by atoms with E-state index in [9.17, 15) is 9.59 Å². The summed E-state index contributed by atoms with van der Waals surface area (Å²) >= 11 is 5.45. The molecule has 0 radical (unpaired) electrons. The van der Waals surface area contributed by atoms with E-state index >= 15 is 0 Å². The molecule has 0 atom stereocenters. The van der Waals surface area contributed by atoms with E-state index in [4.69, 9.17) is 11.6 Å². The molecule has 0 saturated heterocycles. The second-order valence-corrected chi connectivity index (χ2v) is 3.80. The van der Waals surface area contributed by atoms with Crippen LogP contribution in [0.3, 0.4) is 0 Å². The Kier molecular flexibility index (Phi) is 5.42. The fourth-order valence-electron chi connectivity index (χ4n) is 1.13. The quantitative estimate of drug-likeness (QED) is 0.480. The molecule has 17 heavy (non-hydrogen) atoms. The lowest BCUT2D eigenvalue weighted by atomic mass is 10.3. The Balaban J connectivity index is 2.49. The molecule has 0 spiro atoms. The van der Waals surface area contributed by atoms with Crippen LogP contribution in [0, 0.1) is 6.92 Å². The molecular weight excluding hydrogens is 242 g/mol. The fourth-order valence-corrected chi connectivity index (χ4v) is 1.26. The number of halogens is 1. The first-order valence-corrected chi connectivity index (χ1v) is 5.75. The number of nitrogens with zero attached hydrogens (tertiary/aromatic N) is 1. The van der Waals surface area contributed by atoms with Gasteiger partial charge in [-0.25, -0.2) is 4.98 Å². The van der Waals surface area contributed by atoms with Crippen LogP contribution in [-0.4, -0.2) is 29.2 Å². The van der Waals surface area contributed by atoms with Gasteiger partial charge in [-0.3, -0.25) is 9.59 Å². The van der Waals surface area contributed by atoms with Gasteiger partial charge >= 0.3 is 11.8 Å². The van der Waals surface area contributed by atoms with Gasteiger partial charge in [-0.15, -0.1) is 11.6 Å². The summed E-state index contributed by atoms with van der Waals surface area (Å²) in [6, 6.07) is 3.56. The van der Waals surface area contributed by atoms with Crippen LogP contribution in [0.4, 0.5) is 5.82 Å². The van der Waals surface area contributed by atoms with Crippen molar-refractivity contribution in [3.63, 3.8) is 0 Å². The van der Waals surface area contributed by atoms with E-state index < -0.39 is 11.8 Å². The minimum atomic E-state index is -0.721. The molecule has 1 aromatic heterocycles. The summed E-state index contributed by atoms with van der Waals surface area (Å²) in [5.74, 6) is -0.562. The largest absolute Gasteiger partial charge is 0.348 e. The molecule has 6 heteroatoms. The average molecular weight is 256 g/mol. The fraction of sp³-hybridized carbons (Fsp3) is 0.364. The number of aromatic nitrogens is 1. The highest BCUT2D eigenvalue weighted by Crippen LogP contribution is 2.08. The van der Waals surface area contributed by atoms with Crippen LogP contribution in [0.25, 0.3) is 0 Å². The monoisotopic (exact) mass is 255 g/mol. The maximum atomic E-state index is 11.5. The maximum Gasteiger partial charge on any atom is 0.314 e. The van der Waals surface area contributed by atoms with Gasteiger partial charge in [0.15, 0.2) is 0 Å². The van der Waals surface area contributed by atoms with Gasteiger partial charge in [-0.1, -0.05) is 6.07 Å². The summed E-state index contributed by atoms with van der Waals surface area (Å²) in [5.41, 5.74) is 0.800. The van der Waals surface area contributed by atoms with Crippen molar-refractivity contribution in [3.8, 4) is 0 Å². The van der Waals surface area contributed by atoms with Gasteiger partial charge in [0.25, 0.3) is 0 Å². The highest BCUT2D eigenvalue weighted by Gasteiger charge is 2.14. The van der Waals surface area contributed by atoms with Gasteiger partial charge in [-0.2, -0.15) is 0 Å². The lowest BCUT2D eigenvalue weighted by molar-refractivity contribution is -0.136. The zero-order valence-electron chi connectivity index (χ0n) is 9.50. The Bertz CT molecular complexity index is 409. The topological polar surface area (TPSA) is 71.1 Å². The Morgan fingerprint density at radius 2 is 2.18 bits per heavy atom. The molecule has 0 bridgehead atoms. The molecule has 0 aliphatic rings. The summed E-state index contributed by atoms with van der Waals surface area (Å²) in [4.78, 5) is 26.8. The molecule has 1 heterocycles. The van der Waals surface area contributed by atoms with Gasteiger partial charge in [0.1, 0.15) is 5.82 Å². The molecule has 1 aromatic rings. The van der Waals surface area contributed by atoms with E-state index in [2.05, 4.69) is 15.6 Å². The van der Waals surface area contributed by atoms with Crippen LogP contribution in [0.1, 0.15) is 12.0 Å². The van der Waals surface area contributed by atoms with Crippen molar-refractivity contribution < 1.29 is 9.59 Å². The minimum Gasteiger partial charge on any atom is -0.348 e. The van der Waals surface area contributed by atoms with Crippen molar-refractivity contribution in [2.24, 2.45) is 0 Å². The molecule has 0 aliphatic heterocycles. The number of aryl methyl sites for hydroxylation is 1. The van der Waals surface area contributed by atoms with Crippen molar-refractivity contribution in [2.75, 3.05) is 17.7 Å². The number of anilines is 1. The predicted octanol–water partition coefficient (Wildman–Crippen LogP) is 1.07. The Morgan fingerprint density at radius 1 is 1.41 bits per heavy atom. The second kappa shape index (κ2) is 6.85. The summed E-state index contributed by atoms with van der Waals surface area (Å²) in [5, 5.41) is 4.90. The zero-order valence-corrected chi connectivity index (χ0v) is 10.3. The molecule has 1 rings (SSSR count). The zero-order chi connectivity index (χ0) is 12.7. The van der Waals surface area contributed by atoms with E-state index in [0.29, 0.717) is 24.7 Å². The lowest BCUT2D eigenvalue weighted by Crippen LogP contribution is -2.36. The highest BCUT2D eigenvalue weighted by molar-refractivity contribution is 6.39. The number of hydrogen-bond donors (Lipinski definition) is 2. The first kappa shape index (κ1) is 13.4. The van der Waals surface area contributed by atoms with Gasteiger partial charge in [0.2, 0.25) is 0 Å². The number of rotatable bonds is 4. The van der Waals surface area contributed by atoms with Gasteiger partial charge < -0.3 is 10.6 Å². The van der Waals surface area contributed by atoms with E-state index in [1.165, 1.54) is 0 Å². The standard InChI is InChI=1S/C11H14ClN3O2/c1-8-4-2-6-13-9(8)15-11(17)10(16)14-7-3-5-12/h2,4,6H,3,5,7H2,1H3,(H,14,16)(H,13,15,17). The van der Waals surface area contributed by atoms with Crippen LogP contribution in [0.2, 0.25) is 0 Å². The third-order valence-electron chi connectivity index (χ3n) is 2.04. The molecule has 92 valence electrons. The third-order valence-corrected chi connectivity index (χ3v) is 2.31. The number of nitrogens with one attached hydrogen (secondary N) is 2. The van der Waals surface area contributed by atoms with Gasteiger partial charge in [-0.05, 0) is 25.0 Å². The van der Waals surface area contributed by atoms with Crippen molar-refractivity contribution in [2.45, 2.75) is 13.3 Å². The maximum absolute atomic E-state index is 11.5. The number of carbonyl (C=O) groups is 2. The van der Waals surface area contributed by atoms with Crippen LogP contribution in [0.15, 0.2) is 18.3 Å². The summed E-state index contributed by atoms with van der Waals surface area (Å²) in [6.45, 7) is 2.19. The summed E-state index contributed by atoms with van der Waals surface area (Å²) < 4.78 is 0. The van der Waals surface area contributed by atoms with E-state index in [1.807, 2.05) is 0 Å². The Morgan fingerprint density at radius 3 is 2.82 bits per heavy atom. The molecular formula is C11H14ClN3O2. The number of pyridine rings is 1. The molecule has 2 amide bonds. The van der Waals surface area contributed by atoms with Crippen LogP contribution in [-0.2, 0) is 9.59 Å². The van der Waals surface area contributed by atoms with E-state index in [-0.39, 0.29) is 0 Å². The number of carbonyl (C=O) groups excluding carboxylic acids is 2. The van der Waals surface area contributed by atoms with Crippen LogP contribution >= 0.6 is 11.6 Å². The van der Waals surface area contributed by atoms with E-state index in [1.54, 1.807) is 25.3 Å². The van der Waals surface area contributed by atoms with Gasteiger partial charge in [0.05, 0.1) is 0 Å². The minimum absolute atomic E-state index is 0.386. The Hall–Kier alpha value is -1.62. The second-order valence-electron chi connectivity index (χ2n) is 3.42. The normalized spacial score (nSPS) is 9.76. The highest BCUT2D eigenvalue weighted by atomic mass is 35.5. The third kappa shape index (κ3) is 4.40. The van der Waals surface area contributed by atoms with E-state index in [0.717, 1.165) is 5.56 Å². The molecule has 0 unspecified atom stereocenters. The molecule has 0 saturated carbocycles. The SMILES string of the molecule is Cc1cccnc1NC(=O)C(=O)NCCCCl. The molecule has 0 aliphatic carbocycles. The van der Waals surface area contributed by atoms with Gasteiger partial charge in [0, 0.05) is 18.6 Å². The molecule has 0 aromatic carbocycles. The first-order valence-electron chi connectivity index (χ1n) is 5.22. The lowest BCUT2D eigenvalue weighted by Gasteiger charge is -2.06. The van der Waals surface area contributed by atoms with Crippen molar-refractivity contribution in [1.82, 2.24) is 10.3 Å². The molecule has 2 N–H and O–H groups in total.